The molecule has 0 aliphatic carbocycles. The van der Waals surface area contributed by atoms with Gasteiger partial charge in [0.25, 0.3) is 0 Å². The van der Waals surface area contributed by atoms with Crippen molar-refractivity contribution in [3.8, 4) is 5.75 Å². The summed E-state index contributed by atoms with van der Waals surface area (Å²) in [6, 6.07) is 4.17. The number of alkyl halides is 1. The molecule has 0 bridgehead atoms. The molecule has 1 heterocycles. The molecule has 0 amide bonds. The SMILES string of the molecule is COc1cc(C)c(C(Cl)CN2CCCCCC2)c(C)c1. The molecule has 2 rings (SSSR count). The van der Waals surface area contributed by atoms with Gasteiger partial charge >= 0.3 is 0 Å². The number of likely N-dealkylation sites (tertiary alicyclic amines) is 1. The van der Waals surface area contributed by atoms with Crippen molar-refractivity contribution in [2.75, 3.05) is 26.7 Å². The summed E-state index contributed by atoms with van der Waals surface area (Å²) < 4.78 is 5.32. The normalized spacial score (nSPS) is 18.6. The van der Waals surface area contributed by atoms with Crippen molar-refractivity contribution in [1.82, 2.24) is 4.90 Å². The summed E-state index contributed by atoms with van der Waals surface area (Å²) in [5, 5.41) is 0.0685. The fourth-order valence-corrected chi connectivity index (χ4v) is 3.72. The average molecular weight is 296 g/mol. The summed E-state index contributed by atoms with van der Waals surface area (Å²) in [5.41, 5.74) is 3.74. The molecule has 1 aromatic carbocycles. The molecule has 0 saturated carbocycles. The number of aryl methyl sites for hydroxylation is 2. The molecule has 20 heavy (non-hydrogen) atoms. The van der Waals surface area contributed by atoms with Gasteiger partial charge in [0.15, 0.2) is 0 Å². The summed E-state index contributed by atoms with van der Waals surface area (Å²) in [4.78, 5) is 2.52. The van der Waals surface area contributed by atoms with Crippen molar-refractivity contribution in [3.05, 3.63) is 28.8 Å². The predicted molar refractivity (Wildman–Crippen MR) is 86.0 cm³/mol. The van der Waals surface area contributed by atoms with Gasteiger partial charge in [-0.05, 0) is 68.6 Å². The minimum Gasteiger partial charge on any atom is -0.497 e. The topological polar surface area (TPSA) is 12.5 Å². The summed E-state index contributed by atoms with van der Waals surface area (Å²) in [7, 11) is 1.71. The van der Waals surface area contributed by atoms with Crippen LogP contribution in [-0.4, -0.2) is 31.6 Å². The highest BCUT2D eigenvalue weighted by Gasteiger charge is 2.19. The van der Waals surface area contributed by atoms with Crippen molar-refractivity contribution in [1.29, 1.82) is 0 Å². The van der Waals surface area contributed by atoms with Gasteiger partial charge in [-0.2, -0.15) is 0 Å². The van der Waals surface area contributed by atoms with Gasteiger partial charge in [0.2, 0.25) is 0 Å². The second kappa shape index (κ2) is 7.33. The lowest BCUT2D eigenvalue weighted by Crippen LogP contribution is -2.28. The molecule has 1 aliphatic heterocycles. The quantitative estimate of drug-likeness (QED) is 0.760. The van der Waals surface area contributed by atoms with E-state index in [4.69, 9.17) is 16.3 Å². The second-order valence-electron chi connectivity index (χ2n) is 5.86. The zero-order valence-electron chi connectivity index (χ0n) is 12.9. The van der Waals surface area contributed by atoms with Gasteiger partial charge in [-0.3, -0.25) is 0 Å². The third kappa shape index (κ3) is 3.89. The summed E-state index contributed by atoms with van der Waals surface area (Å²) >= 11 is 6.72. The molecule has 2 nitrogen and oxygen atoms in total. The maximum absolute atomic E-state index is 6.72. The maximum atomic E-state index is 6.72. The van der Waals surface area contributed by atoms with E-state index in [2.05, 4.69) is 30.9 Å². The van der Waals surface area contributed by atoms with Crippen molar-refractivity contribution in [3.63, 3.8) is 0 Å². The number of methoxy groups -OCH3 is 1. The number of benzene rings is 1. The Labute approximate surface area is 128 Å². The van der Waals surface area contributed by atoms with Gasteiger partial charge in [0.1, 0.15) is 5.75 Å². The van der Waals surface area contributed by atoms with Crippen LogP contribution in [0.3, 0.4) is 0 Å². The molecular formula is C17H26ClNO. The highest BCUT2D eigenvalue weighted by atomic mass is 35.5. The minimum atomic E-state index is 0.0685. The van der Waals surface area contributed by atoms with Crippen molar-refractivity contribution in [2.24, 2.45) is 0 Å². The Kier molecular flexibility index (Phi) is 5.74. The number of ether oxygens (including phenoxy) is 1. The Morgan fingerprint density at radius 2 is 1.65 bits per heavy atom. The Balaban J connectivity index is 2.10. The number of halogens is 1. The Hall–Kier alpha value is -0.730. The lowest BCUT2D eigenvalue weighted by molar-refractivity contribution is 0.285. The van der Waals surface area contributed by atoms with Crippen LogP contribution in [0.4, 0.5) is 0 Å². The average Bonchev–Trinajstić information content (AvgIpc) is 2.66. The monoisotopic (exact) mass is 295 g/mol. The van der Waals surface area contributed by atoms with E-state index in [-0.39, 0.29) is 5.38 Å². The van der Waals surface area contributed by atoms with Crippen LogP contribution in [0.2, 0.25) is 0 Å². The first kappa shape index (κ1) is 15.7. The molecule has 112 valence electrons. The third-order valence-corrected chi connectivity index (χ3v) is 4.59. The van der Waals surface area contributed by atoms with Crippen LogP contribution in [0.25, 0.3) is 0 Å². The molecule has 1 unspecified atom stereocenters. The fraction of sp³-hybridized carbons (Fsp3) is 0.647. The number of rotatable bonds is 4. The number of hydrogen-bond donors (Lipinski definition) is 0. The molecule has 1 aliphatic rings. The van der Waals surface area contributed by atoms with Gasteiger partial charge < -0.3 is 9.64 Å². The van der Waals surface area contributed by atoms with E-state index in [0.717, 1.165) is 12.3 Å². The van der Waals surface area contributed by atoms with E-state index in [9.17, 15) is 0 Å². The van der Waals surface area contributed by atoms with E-state index in [0.29, 0.717) is 0 Å². The Bertz CT molecular complexity index is 416. The zero-order chi connectivity index (χ0) is 14.5. The lowest BCUT2D eigenvalue weighted by Gasteiger charge is -2.25. The van der Waals surface area contributed by atoms with E-state index in [1.54, 1.807) is 7.11 Å². The molecule has 0 aromatic heterocycles. The first-order chi connectivity index (χ1) is 9.61. The van der Waals surface area contributed by atoms with Crippen molar-refractivity contribution in [2.45, 2.75) is 44.9 Å². The molecule has 0 N–H and O–H groups in total. The highest BCUT2D eigenvalue weighted by Crippen LogP contribution is 2.31. The standard InChI is InChI=1S/C17H26ClNO/c1-13-10-15(20-3)11-14(2)17(13)16(18)12-19-8-6-4-5-7-9-19/h10-11,16H,4-9,12H2,1-3H3. The van der Waals surface area contributed by atoms with E-state index in [1.807, 2.05) is 0 Å². The molecule has 1 saturated heterocycles. The zero-order valence-corrected chi connectivity index (χ0v) is 13.7. The molecular weight excluding hydrogens is 270 g/mol. The molecule has 1 fully saturated rings. The van der Waals surface area contributed by atoms with Crippen LogP contribution in [0, 0.1) is 13.8 Å². The molecule has 1 aromatic rings. The van der Waals surface area contributed by atoms with Crippen LogP contribution >= 0.6 is 11.6 Å². The number of hydrogen-bond acceptors (Lipinski definition) is 2. The first-order valence-electron chi connectivity index (χ1n) is 7.63. The van der Waals surface area contributed by atoms with Gasteiger partial charge in [-0.25, -0.2) is 0 Å². The Morgan fingerprint density at radius 3 is 2.15 bits per heavy atom. The lowest BCUT2D eigenvalue weighted by atomic mass is 9.99. The van der Waals surface area contributed by atoms with E-state index in [1.165, 1.54) is 55.5 Å². The van der Waals surface area contributed by atoms with Crippen LogP contribution in [0.1, 0.15) is 47.8 Å². The van der Waals surface area contributed by atoms with Gasteiger partial charge in [-0.15, -0.1) is 11.6 Å². The van der Waals surface area contributed by atoms with Gasteiger partial charge in [0, 0.05) is 6.54 Å². The molecule has 1 atom stereocenters. The van der Waals surface area contributed by atoms with Crippen molar-refractivity contribution >= 4 is 11.6 Å². The molecule has 3 heteroatoms. The third-order valence-electron chi connectivity index (χ3n) is 4.23. The predicted octanol–water partition coefficient (Wildman–Crippen LogP) is 4.47. The summed E-state index contributed by atoms with van der Waals surface area (Å²) in [5.74, 6) is 0.919. The smallest absolute Gasteiger partial charge is 0.119 e. The van der Waals surface area contributed by atoms with Crippen LogP contribution in [0.5, 0.6) is 5.75 Å². The fourth-order valence-electron chi connectivity index (χ4n) is 3.18. The van der Waals surface area contributed by atoms with Gasteiger partial charge in [-0.1, -0.05) is 12.8 Å². The van der Waals surface area contributed by atoms with E-state index < -0.39 is 0 Å². The molecule has 0 spiro atoms. The Morgan fingerprint density at radius 1 is 1.10 bits per heavy atom. The highest BCUT2D eigenvalue weighted by molar-refractivity contribution is 6.21. The summed E-state index contributed by atoms with van der Waals surface area (Å²) in [6.07, 6.45) is 5.35. The largest absolute Gasteiger partial charge is 0.497 e. The van der Waals surface area contributed by atoms with Gasteiger partial charge in [0.05, 0.1) is 12.5 Å². The van der Waals surface area contributed by atoms with Crippen LogP contribution in [0.15, 0.2) is 12.1 Å². The van der Waals surface area contributed by atoms with Crippen LogP contribution in [-0.2, 0) is 0 Å². The number of nitrogens with zero attached hydrogens (tertiary/aromatic N) is 1. The minimum absolute atomic E-state index is 0.0685. The maximum Gasteiger partial charge on any atom is 0.119 e. The first-order valence-corrected chi connectivity index (χ1v) is 8.07. The molecule has 0 radical (unpaired) electrons. The second-order valence-corrected chi connectivity index (χ2v) is 6.38. The van der Waals surface area contributed by atoms with Crippen LogP contribution < -0.4 is 4.74 Å². The summed E-state index contributed by atoms with van der Waals surface area (Å²) in [6.45, 7) is 7.59. The van der Waals surface area contributed by atoms with E-state index >= 15 is 0 Å². The van der Waals surface area contributed by atoms with Crippen molar-refractivity contribution < 1.29 is 4.74 Å².